The highest BCUT2D eigenvalue weighted by Crippen LogP contribution is 2.60. The Kier molecular flexibility index (Phi) is 7.36. The third kappa shape index (κ3) is 4.87. The predicted octanol–water partition coefficient (Wildman–Crippen LogP) is 7.11. The predicted molar refractivity (Wildman–Crippen MR) is 158 cm³/mol. The van der Waals surface area contributed by atoms with Crippen LogP contribution in [0.1, 0.15) is 53.9 Å². The van der Waals surface area contributed by atoms with Gasteiger partial charge in [0.2, 0.25) is 0 Å². The van der Waals surface area contributed by atoms with Gasteiger partial charge in [-0.25, -0.2) is 4.79 Å². The van der Waals surface area contributed by atoms with Gasteiger partial charge in [-0.3, -0.25) is 4.55 Å². The molecule has 33 heavy (non-hydrogen) atoms. The first-order valence-electron chi connectivity index (χ1n) is 10.7. The Bertz CT molecular complexity index is 1230. The molecule has 0 atom stereocenters. The van der Waals surface area contributed by atoms with Gasteiger partial charge < -0.3 is 4.74 Å². The van der Waals surface area contributed by atoms with E-state index in [-0.39, 0.29) is 10.8 Å². The minimum Gasteiger partial charge on any atom is -0.422 e. The zero-order valence-electron chi connectivity index (χ0n) is 17.2. The number of halogens is 4. The van der Waals surface area contributed by atoms with Crippen molar-refractivity contribution in [2.75, 3.05) is 0 Å². The Morgan fingerprint density at radius 1 is 0.879 bits per heavy atom. The fourth-order valence-electron chi connectivity index (χ4n) is 6.39. The average Bonchev–Trinajstić information content (AvgIpc) is 2.74. The Morgan fingerprint density at radius 3 is 2.06 bits per heavy atom. The van der Waals surface area contributed by atoms with Crippen LogP contribution < -0.4 is 4.74 Å². The Labute approximate surface area is 247 Å². The van der Waals surface area contributed by atoms with E-state index < -0.39 is 16.1 Å². The summed E-state index contributed by atoms with van der Waals surface area (Å²) in [5, 5.41) is 0. The van der Waals surface area contributed by atoms with Crippen LogP contribution in [0.2, 0.25) is 0 Å². The highest BCUT2D eigenvalue weighted by Gasteiger charge is 2.49. The van der Waals surface area contributed by atoms with Gasteiger partial charge in [-0.05, 0) is 182 Å². The van der Waals surface area contributed by atoms with Gasteiger partial charge in [-0.2, -0.15) is 8.42 Å². The van der Waals surface area contributed by atoms with E-state index in [0.717, 1.165) is 51.8 Å². The van der Waals surface area contributed by atoms with Crippen molar-refractivity contribution in [2.24, 2.45) is 23.7 Å². The number of rotatable bonds is 4. The number of hydrogen-bond donors (Lipinski definition) is 1. The number of ether oxygens (including phenoxy) is 1. The summed E-state index contributed by atoms with van der Waals surface area (Å²) in [6, 6.07) is 6.32. The van der Waals surface area contributed by atoms with Crippen LogP contribution in [0.4, 0.5) is 0 Å². The average molecular weight is 916 g/mol. The Morgan fingerprint density at radius 2 is 1.48 bits per heavy atom. The van der Waals surface area contributed by atoms with Crippen molar-refractivity contribution in [3.8, 4) is 5.75 Å². The molecule has 0 unspecified atom stereocenters. The Balaban J connectivity index is 1.52. The van der Waals surface area contributed by atoms with Crippen molar-refractivity contribution < 1.29 is 22.5 Å². The lowest BCUT2D eigenvalue weighted by Crippen LogP contribution is -2.44. The molecule has 0 heterocycles. The molecule has 4 aliphatic carbocycles. The lowest BCUT2D eigenvalue weighted by atomic mass is 9.50. The van der Waals surface area contributed by atoms with Crippen LogP contribution in [0.3, 0.4) is 0 Å². The molecular formula is C23H20I4O5S. The van der Waals surface area contributed by atoms with E-state index in [2.05, 4.69) is 90.4 Å². The summed E-state index contributed by atoms with van der Waals surface area (Å²) in [5.74, 6) is 2.32. The summed E-state index contributed by atoms with van der Waals surface area (Å²) >= 11 is 8.91. The summed E-state index contributed by atoms with van der Waals surface area (Å²) in [7, 11) is -4.40. The summed E-state index contributed by atoms with van der Waals surface area (Å²) in [6.07, 6.45) is 5.72. The molecule has 0 aliphatic heterocycles. The highest BCUT2D eigenvalue weighted by atomic mass is 127. The summed E-state index contributed by atoms with van der Waals surface area (Å²) in [6.45, 7) is 0. The van der Waals surface area contributed by atoms with Crippen LogP contribution in [0.15, 0.2) is 29.2 Å². The van der Waals surface area contributed by atoms with Crippen LogP contribution in [-0.4, -0.2) is 18.9 Å². The van der Waals surface area contributed by atoms with Crippen LogP contribution >= 0.6 is 90.4 Å². The van der Waals surface area contributed by atoms with Gasteiger partial charge in [-0.1, -0.05) is 0 Å². The molecule has 4 bridgehead atoms. The van der Waals surface area contributed by atoms with E-state index in [0.29, 0.717) is 28.7 Å². The van der Waals surface area contributed by atoms with Crippen molar-refractivity contribution in [3.05, 3.63) is 49.7 Å². The second-order valence-corrected chi connectivity index (χ2v) is 15.2. The van der Waals surface area contributed by atoms with Gasteiger partial charge in [0.1, 0.15) is 5.75 Å². The molecular weight excluding hydrogens is 896 g/mol. The van der Waals surface area contributed by atoms with Crippen molar-refractivity contribution in [2.45, 2.75) is 42.9 Å². The lowest BCUT2D eigenvalue weighted by Gasteiger charge is -2.54. The molecule has 0 aromatic heterocycles. The van der Waals surface area contributed by atoms with Crippen LogP contribution in [0.25, 0.3) is 0 Å². The normalized spacial score (nSPS) is 28.2. The van der Waals surface area contributed by atoms with Crippen molar-refractivity contribution in [1.82, 2.24) is 0 Å². The minimum absolute atomic E-state index is 0.0582. The maximum absolute atomic E-state index is 13.1. The lowest BCUT2D eigenvalue weighted by molar-refractivity contribution is -0.00372. The van der Waals surface area contributed by atoms with Crippen molar-refractivity contribution >= 4 is 106 Å². The van der Waals surface area contributed by atoms with Gasteiger partial charge >= 0.3 is 5.97 Å². The molecule has 1 N–H and O–H groups in total. The molecule has 6 rings (SSSR count). The largest absolute Gasteiger partial charge is 0.422 e. The Hall–Kier alpha value is 0.740. The first-order chi connectivity index (χ1) is 15.5. The molecule has 0 radical (unpaired) electrons. The zero-order valence-corrected chi connectivity index (χ0v) is 26.7. The quantitative estimate of drug-likeness (QED) is 0.0885. The van der Waals surface area contributed by atoms with Crippen molar-refractivity contribution in [3.63, 3.8) is 0 Å². The van der Waals surface area contributed by atoms with Gasteiger partial charge in [0.25, 0.3) is 10.1 Å². The molecule has 2 aromatic rings. The van der Waals surface area contributed by atoms with Crippen LogP contribution in [-0.2, 0) is 10.1 Å². The second-order valence-electron chi connectivity index (χ2n) is 9.37. The van der Waals surface area contributed by atoms with Crippen LogP contribution in [0, 0.1) is 38.0 Å². The number of hydrogen-bond acceptors (Lipinski definition) is 4. The zero-order chi connectivity index (χ0) is 23.7. The van der Waals surface area contributed by atoms with Gasteiger partial charge in [0.15, 0.2) is 0 Å². The number of carbonyl (C=O) groups excluding carboxylic acids is 1. The number of esters is 1. The maximum atomic E-state index is 13.1. The van der Waals surface area contributed by atoms with Gasteiger partial charge in [-0.15, -0.1) is 0 Å². The standard InChI is InChI=1S/C23H20I4O5S/c24-16-9-17(21(26)22(27)20(16)25)32-23(28)12-1-2-18(33(29,30)31)15(8-12)19-13-4-10-3-11(6-13)7-14(19)5-10/h1-2,8-11,13-14,19H,3-7H2,(H,29,30,31). The van der Waals surface area contributed by atoms with Crippen molar-refractivity contribution in [1.29, 1.82) is 0 Å². The smallest absolute Gasteiger partial charge is 0.343 e. The molecule has 2 aromatic carbocycles. The maximum Gasteiger partial charge on any atom is 0.343 e. The van der Waals surface area contributed by atoms with E-state index in [4.69, 9.17) is 4.74 Å². The first-order valence-corrected chi connectivity index (χ1v) is 16.4. The summed E-state index contributed by atoms with van der Waals surface area (Å²) in [5.41, 5.74) is 0.896. The fourth-order valence-corrected chi connectivity index (χ4v) is 10.2. The minimum atomic E-state index is -4.40. The fraction of sp³-hybridized carbons (Fsp3) is 0.435. The summed E-state index contributed by atoms with van der Waals surface area (Å²) in [4.78, 5) is 13.1. The van der Waals surface area contributed by atoms with E-state index >= 15 is 0 Å². The van der Waals surface area contributed by atoms with E-state index in [1.165, 1.54) is 18.6 Å². The van der Waals surface area contributed by atoms with E-state index in [1.807, 2.05) is 6.07 Å². The number of carbonyl (C=O) groups is 1. The first kappa shape index (κ1) is 25.4. The molecule has 0 saturated heterocycles. The van der Waals surface area contributed by atoms with E-state index in [9.17, 15) is 17.8 Å². The number of benzene rings is 2. The molecule has 176 valence electrons. The monoisotopic (exact) mass is 916 g/mol. The molecule has 0 spiro atoms. The highest BCUT2D eigenvalue weighted by molar-refractivity contribution is 14.1. The SMILES string of the molecule is O=C(Oc1cc(I)c(I)c(I)c1I)c1ccc(S(=O)(=O)O)c(C2C3CC4CC(C3)CC2C4)c1. The van der Waals surface area contributed by atoms with Gasteiger partial charge in [0.05, 0.1) is 14.0 Å². The third-order valence-electron chi connectivity index (χ3n) is 7.38. The third-order valence-corrected chi connectivity index (χ3v) is 15.5. The molecule has 4 fully saturated rings. The molecule has 4 saturated carbocycles. The molecule has 5 nitrogen and oxygen atoms in total. The molecule has 0 amide bonds. The summed E-state index contributed by atoms with van der Waals surface area (Å²) < 4.78 is 44.2. The van der Waals surface area contributed by atoms with E-state index in [1.54, 1.807) is 6.07 Å². The molecule has 4 aliphatic rings. The van der Waals surface area contributed by atoms with Gasteiger partial charge in [0, 0.05) is 10.7 Å². The second kappa shape index (κ2) is 9.56. The molecule has 10 heteroatoms. The van der Waals surface area contributed by atoms with Crippen LogP contribution in [0.5, 0.6) is 5.75 Å². The topological polar surface area (TPSA) is 80.7 Å².